The maximum Gasteiger partial charge on any atom is 0.0649 e. The Kier molecular flexibility index (Phi) is 5.68. The van der Waals surface area contributed by atoms with E-state index in [0.29, 0.717) is 17.9 Å². The zero-order valence-electron chi connectivity index (χ0n) is 17.9. The molecule has 1 aromatic heterocycles. The van der Waals surface area contributed by atoms with E-state index in [1.165, 1.54) is 22.4 Å². The van der Waals surface area contributed by atoms with Crippen LogP contribution in [-0.4, -0.2) is 15.8 Å². The highest BCUT2D eigenvalue weighted by atomic mass is 15.3. The summed E-state index contributed by atoms with van der Waals surface area (Å²) in [6.45, 7) is 9.70. The van der Waals surface area contributed by atoms with E-state index in [2.05, 4.69) is 104 Å². The molecule has 29 heavy (non-hydrogen) atoms. The Morgan fingerprint density at radius 2 is 1.72 bits per heavy atom. The van der Waals surface area contributed by atoms with Crippen molar-refractivity contribution >= 4 is 0 Å². The number of allylic oxidation sites excluding steroid dienone is 1. The number of aryl methyl sites for hydroxylation is 1. The highest BCUT2D eigenvalue weighted by molar-refractivity contribution is 5.42. The molecule has 2 unspecified atom stereocenters. The molecule has 2 atom stereocenters. The second-order valence-corrected chi connectivity index (χ2v) is 8.44. The standard InChI is InChI=1S/C26H31N3/c1-18(2)22-11-14-25(15-12-22)29-20(4)26(19(3)28-29)23-10-13-24(16-23)27-17-21-8-6-5-7-9-21/h5-15,18,23-24,27H,16-17H2,1-4H3. The van der Waals surface area contributed by atoms with Gasteiger partial charge in [-0.15, -0.1) is 0 Å². The summed E-state index contributed by atoms with van der Waals surface area (Å²) in [5.74, 6) is 0.968. The van der Waals surface area contributed by atoms with E-state index in [0.717, 1.165) is 24.3 Å². The van der Waals surface area contributed by atoms with Crippen LogP contribution in [-0.2, 0) is 6.54 Å². The fourth-order valence-electron chi connectivity index (χ4n) is 4.35. The van der Waals surface area contributed by atoms with Gasteiger partial charge in [0.15, 0.2) is 0 Å². The van der Waals surface area contributed by atoms with Crippen LogP contribution >= 0.6 is 0 Å². The molecule has 150 valence electrons. The Bertz CT molecular complexity index is 981. The summed E-state index contributed by atoms with van der Waals surface area (Å²) in [4.78, 5) is 0. The molecule has 1 aliphatic rings. The van der Waals surface area contributed by atoms with E-state index >= 15 is 0 Å². The number of benzene rings is 2. The third-order valence-electron chi connectivity index (χ3n) is 6.02. The zero-order chi connectivity index (χ0) is 20.4. The molecule has 0 fully saturated rings. The molecule has 3 nitrogen and oxygen atoms in total. The average Bonchev–Trinajstić information content (AvgIpc) is 3.31. The van der Waals surface area contributed by atoms with Gasteiger partial charge in [-0.1, -0.05) is 68.5 Å². The summed E-state index contributed by atoms with van der Waals surface area (Å²) in [6.07, 6.45) is 5.76. The number of hydrogen-bond acceptors (Lipinski definition) is 2. The maximum absolute atomic E-state index is 4.88. The summed E-state index contributed by atoms with van der Waals surface area (Å²) in [7, 11) is 0. The average molecular weight is 386 g/mol. The van der Waals surface area contributed by atoms with E-state index in [1.807, 2.05) is 0 Å². The Hall–Kier alpha value is -2.65. The first-order valence-corrected chi connectivity index (χ1v) is 10.6. The van der Waals surface area contributed by atoms with Crippen LogP contribution in [0.25, 0.3) is 5.69 Å². The Morgan fingerprint density at radius 3 is 2.41 bits per heavy atom. The van der Waals surface area contributed by atoms with Gasteiger partial charge in [-0.05, 0) is 49.4 Å². The van der Waals surface area contributed by atoms with E-state index in [-0.39, 0.29) is 0 Å². The van der Waals surface area contributed by atoms with Crippen molar-refractivity contribution < 1.29 is 0 Å². The summed E-state index contributed by atoms with van der Waals surface area (Å²) in [6, 6.07) is 19.8. The van der Waals surface area contributed by atoms with Gasteiger partial charge in [0, 0.05) is 29.8 Å². The first-order valence-electron chi connectivity index (χ1n) is 10.6. The minimum atomic E-state index is 0.410. The number of nitrogens with zero attached hydrogens (tertiary/aromatic N) is 2. The summed E-state index contributed by atoms with van der Waals surface area (Å²) < 4.78 is 2.10. The molecule has 1 aliphatic carbocycles. The van der Waals surface area contributed by atoms with Gasteiger partial charge in [0.05, 0.1) is 11.4 Å². The second-order valence-electron chi connectivity index (χ2n) is 8.44. The fourth-order valence-corrected chi connectivity index (χ4v) is 4.35. The predicted octanol–water partition coefficient (Wildman–Crippen LogP) is 5.81. The molecule has 0 saturated carbocycles. The van der Waals surface area contributed by atoms with Gasteiger partial charge in [0.1, 0.15) is 0 Å². The lowest BCUT2D eigenvalue weighted by Crippen LogP contribution is -2.25. The lowest BCUT2D eigenvalue weighted by molar-refractivity contribution is 0.559. The summed E-state index contributed by atoms with van der Waals surface area (Å²) in [5.41, 5.74) is 7.59. The van der Waals surface area contributed by atoms with Crippen LogP contribution in [0.4, 0.5) is 0 Å². The van der Waals surface area contributed by atoms with Crippen molar-refractivity contribution in [2.24, 2.45) is 0 Å². The molecule has 0 radical (unpaired) electrons. The van der Waals surface area contributed by atoms with Gasteiger partial charge in [-0.25, -0.2) is 4.68 Å². The molecule has 0 bridgehead atoms. The molecule has 1 heterocycles. The minimum Gasteiger partial charge on any atom is -0.306 e. The number of aromatic nitrogens is 2. The zero-order valence-corrected chi connectivity index (χ0v) is 17.9. The highest BCUT2D eigenvalue weighted by Crippen LogP contribution is 2.34. The molecule has 0 saturated heterocycles. The monoisotopic (exact) mass is 385 g/mol. The molecule has 1 N–H and O–H groups in total. The molecule has 0 amide bonds. The lowest BCUT2D eigenvalue weighted by atomic mass is 9.95. The van der Waals surface area contributed by atoms with E-state index in [9.17, 15) is 0 Å². The van der Waals surface area contributed by atoms with Gasteiger partial charge < -0.3 is 5.32 Å². The number of rotatable bonds is 6. The number of nitrogens with one attached hydrogen (secondary N) is 1. The van der Waals surface area contributed by atoms with Gasteiger partial charge in [-0.3, -0.25) is 0 Å². The van der Waals surface area contributed by atoms with Gasteiger partial charge in [0.25, 0.3) is 0 Å². The van der Waals surface area contributed by atoms with Crippen LogP contribution in [0.2, 0.25) is 0 Å². The van der Waals surface area contributed by atoms with Crippen LogP contribution in [0.15, 0.2) is 66.7 Å². The molecule has 2 aromatic carbocycles. The minimum absolute atomic E-state index is 0.410. The first kappa shape index (κ1) is 19.7. The molecule has 3 heteroatoms. The molecule has 0 spiro atoms. The molecule has 4 rings (SSSR count). The molecule has 0 aliphatic heterocycles. The highest BCUT2D eigenvalue weighted by Gasteiger charge is 2.26. The molecular weight excluding hydrogens is 354 g/mol. The maximum atomic E-state index is 4.88. The van der Waals surface area contributed by atoms with E-state index in [1.54, 1.807) is 0 Å². The SMILES string of the molecule is Cc1nn(-c2ccc(C(C)C)cc2)c(C)c1C1C=CC(NCc2ccccc2)C1. The van der Waals surface area contributed by atoms with Crippen LogP contribution in [0.1, 0.15) is 60.2 Å². The fraction of sp³-hybridized carbons (Fsp3) is 0.346. The van der Waals surface area contributed by atoms with Gasteiger partial charge in [-0.2, -0.15) is 5.10 Å². The quantitative estimate of drug-likeness (QED) is 0.542. The predicted molar refractivity (Wildman–Crippen MR) is 121 cm³/mol. The normalized spacial score (nSPS) is 18.7. The molecular formula is C26H31N3. The summed E-state index contributed by atoms with van der Waals surface area (Å²) in [5, 5.41) is 8.56. The van der Waals surface area contributed by atoms with E-state index in [4.69, 9.17) is 5.10 Å². The van der Waals surface area contributed by atoms with Gasteiger partial charge in [0.2, 0.25) is 0 Å². The lowest BCUT2D eigenvalue weighted by Gasteiger charge is -2.15. The largest absolute Gasteiger partial charge is 0.306 e. The van der Waals surface area contributed by atoms with Crippen LogP contribution in [0, 0.1) is 13.8 Å². The third-order valence-corrected chi connectivity index (χ3v) is 6.02. The Morgan fingerprint density at radius 1 is 1.00 bits per heavy atom. The van der Waals surface area contributed by atoms with E-state index < -0.39 is 0 Å². The topological polar surface area (TPSA) is 29.9 Å². The van der Waals surface area contributed by atoms with Crippen molar-refractivity contribution in [1.82, 2.24) is 15.1 Å². The Balaban J connectivity index is 1.48. The number of hydrogen-bond donors (Lipinski definition) is 1. The Labute approximate surface area is 174 Å². The van der Waals surface area contributed by atoms with Crippen molar-refractivity contribution in [3.05, 3.63) is 94.8 Å². The third kappa shape index (κ3) is 4.20. The van der Waals surface area contributed by atoms with Crippen molar-refractivity contribution in [2.45, 2.75) is 58.5 Å². The van der Waals surface area contributed by atoms with Crippen molar-refractivity contribution in [1.29, 1.82) is 0 Å². The van der Waals surface area contributed by atoms with Crippen LogP contribution in [0.3, 0.4) is 0 Å². The molecule has 3 aromatic rings. The van der Waals surface area contributed by atoms with Crippen molar-refractivity contribution in [3.63, 3.8) is 0 Å². The van der Waals surface area contributed by atoms with Crippen LogP contribution in [0.5, 0.6) is 0 Å². The van der Waals surface area contributed by atoms with Gasteiger partial charge >= 0.3 is 0 Å². The van der Waals surface area contributed by atoms with Crippen molar-refractivity contribution in [3.8, 4) is 5.69 Å². The summed E-state index contributed by atoms with van der Waals surface area (Å²) >= 11 is 0. The second kappa shape index (κ2) is 8.38. The smallest absolute Gasteiger partial charge is 0.0649 e. The van der Waals surface area contributed by atoms with Crippen LogP contribution < -0.4 is 5.32 Å². The van der Waals surface area contributed by atoms with Crippen molar-refractivity contribution in [2.75, 3.05) is 0 Å². The first-order chi connectivity index (χ1) is 14.0.